The zero-order chi connectivity index (χ0) is 18.1. The molecular formula is C20H18FN3OS. The van der Waals surface area contributed by atoms with Gasteiger partial charge in [-0.25, -0.2) is 9.37 Å². The molecule has 4 rings (SSSR count). The fourth-order valence-electron chi connectivity index (χ4n) is 3.24. The number of ketones is 1. The summed E-state index contributed by atoms with van der Waals surface area (Å²) in [5, 5.41) is 6.98. The van der Waals surface area contributed by atoms with Crippen LogP contribution in [0.5, 0.6) is 0 Å². The number of nitrogens with one attached hydrogen (secondary N) is 1. The number of thioether (sulfide) groups is 1. The van der Waals surface area contributed by atoms with Crippen LogP contribution in [0.25, 0.3) is 11.4 Å². The van der Waals surface area contributed by atoms with Crippen molar-refractivity contribution in [2.45, 2.75) is 36.6 Å². The Morgan fingerprint density at radius 1 is 1.19 bits per heavy atom. The number of hydrogen-bond acceptors (Lipinski definition) is 4. The van der Waals surface area contributed by atoms with Crippen LogP contribution in [0.15, 0.2) is 47.6 Å². The maximum Gasteiger partial charge on any atom is 0.209 e. The molecule has 0 unspecified atom stereocenters. The molecule has 3 aromatic rings. The van der Waals surface area contributed by atoms with Crippen LogP contribution in [0.3, 0.4) is 0 Å². The standard InChI is InChI=1S/C20H18FN3OS/c1-12(18(25)15-10-9-13-5-4-6-14(13)11-15)26-20-22-19(23-24-20)16-7-2-3-8-17(16)21/h2-3,7-12H,4-6H2,1H3,(H,22,23,24)/t12-/m1/s1. The maximum absolute atomic E-state index is 13.9. The molecule has 132 valence electrons. The van der Waals surface area contributed by atoms with Crippen molar-refractivity contribution in [3.63, 3.8) is 0 Å². The van der Waals surface area contributed by atoms with Crippen molar-refractivity contribution < 1.29 is 9.18 Å². The first kappa shape index (κ1) is 17.0. The van der Waals surface area contributed by atoms with E-state index in [4.69, 9.17) is 0 Å². The SMILES string of the molecule is C[C@@H](Sc1n[nH]c(-c2ccccc2F)n1)C(=O)c1ccc2c(c1)CCC2. The zero-order valence-corrected chi connectivity index (χ0v) is 15.1. The van der Waals surface area contributed by atoms with E-state index in [0.717, 1.165) is 24.8 Å². The molecule has 1 N–H and O–H groups in total. The quantitative estimate of drug-likeness (QED) is 0.534. The van der Waals surface area contributed by atoms with E-state index in [1.54, 1.807) is 18.2 Å². The highest BCUT2D eigenvalue weighted by atomic mass is 32.2. The first-order chi connectivity index (χ1) is 12.6. The van der Waals surface area contributed by atoms with E-state index >= 15 is 0 Å². The van der Waals surface area contributed by atoms with Crippen LogP contribution in [0, 0.1) is 5.82 Å². The molecular weight excluding hydrogens is 349 g/mol. The lowest BCUT2D eigenvalue weighted by atomic mass is 10.0. The molecule has 26 heavy (non-hydrogen) atoms. The van der Waals surface area contributed by atoms with Gasteiger partial charge < -0.3 is 0 Å². The second-order valence-corrected chi connectivity index (χ2v) is 7.72. The Bertz CT molecular complexity index is 969. The molecule has 0 amide bonds. The number of H-pyrrole nitrogens is 1. The molecule has 0 fully saturated rings. The van der Waals surface area contributed by atoms with Crippen LogP contribution in [0.1, 0.15) is 34.8 Å². The predicted molar refractivity (Wildman–Crippen MR) is 99.9 cm³/mol. The van der Waals surface area contributed by atoms with Gasteiger partial charge in [0.1, 0.15) is 5.82 Å². The second kappa shape index (κ2) is 7.03. The third kappa shape index (κ3) is 3.29. The van der Waals surface area contributed by atoms with Crippen LogP contribution in [-0.4, -0.2) is 26.2 Å². The van der Waals surface area contributed by atoms with E-state index in [0.29, 0.717) is 16.5 Å². The molecule has 0 saturated heterocycles. The minimum atomic E-state index is -0.359. The summed E-state index contributed by atoms with van der Waals surface area (Å²) in [6, 6.07) is 12.4. The van der Waals surface area contributed by atoms with Gasteiger partial charge >= 0.3 is 0 Å². The highest BCUT2D eigenvalue weighted by Crippen LogP contribution is 2.28. The van der Waals surface area contributed by atoms with Gasteiger partial charge in [-0.05, 0) is 55.5 Å². The van der Waals surface area contributed by atoms with Gasteiger partial charge in [0.25, 0.3) is 0 Å². The molecule has 1 aromatic heterocycles. The Balaban J connectivity index is 1.49. The number of aromatic nitrogens is 3. The molecule has 0 bridgehead atoms. The number of carbonyl (C=O) groups is 1. The topological polar surface area (TPSA) is 58.6 Å². The number of nitrogens with zero attached hydrogens (tertiary/aromatic N) is 2. The van der Waals surface area contributed by atoms with Crippen molar-refractivity contribution in [1.29, 1.82) is 0 Å². The number of hydrogen-bond donors (Lipinski definition) is 1. The van der Waals surface area contributed by atoms with Gasteiger partial charge in [0, 0.05) is 5.56 Å². The molecule has 2 aromatic carbocycles. The maximum atomic E-state index is 13.9. The van der Waals surface area contributed by atoms with Crippen LogP contribution in [-0.2, 0) is 12.8 Å². The molecule has 1 heterocycles. The molecule has 1 aliphatic rings. The van der Waals surface area contributed by atoms with Crippen LogP contribution in [0.2, 0.25) is 0 Å². The molecule has 0 aliphatic heterocycles. The van der Waals surface area contributed by atoms with Crippen molar-refractivity contribution in [3.05, 3.63) is 65.0 Å². The molecule has 1 aliphatic carbocycles. The average Bonchev–Trinajstić information content (AvgIpc) is 3.30. The molecule has 6 heteroatoms. The lowest BCUT2D eigenvalue weighted by Gasteiger charge is -2.09. The number of carbonyl (C=O) groups excluding carboxylic acids is 1. The molecule has 0 spiro atoms. The molecule has 0 radical (unpaired) electrons. The lowest BCUT2D eigenvalue weighted by Crippen LogP contribution is -2.14. The van der Waals surface area contributed by atoms with Gasteiger partial charge in [-0.15, -0.1) is 5.10 Å². The van der Waals surface area contributed by atoms with E-state index in [-0.39, 0.29) is 16.9 Å². The van der Waals surface area contributed by atoms with E-state index in [2.05, 4.69) is 21.2 Å². The number of aromatic amines is 1. The number of benzene rings is 2. The molecule has 4 nitrogen and oxygen atoms in total. The Labute approximate surface area is 155 Å². The third-order valence-electron chi connectivity index (χ3n) is 4.63. The van der Waals surface area contributed by atoms with E-state index in [1.165, 1.54) is 29.0 Å². The van der Waals surface area contributed by atoms with Crippen molar-refractivity contribution in [2.24, 2.45) is 0 Å². The largest absolute Gasteiger partial charge is 0.293 e. The van der Waals surface area contributed by atoms with Crippen LogP contribution >= 0.6 is 11.8 Å². The summed E-state index contributed by atoms with van der Waals surface area (Å²) in [7, 11) is 0. The highest BCUT2D eigenvalue weighted by molar-refractivity contribution is 8.00. The summed E-state index contributed by atoms with van der Waals surface area (Å²) in [6.45, 7) is 1.85. The number of Topliss-reactive ketones (excluding diaryl/α,β-unsaturated/α-hetero) is 1. The van der Waals surface area contributed by atoms with Crippen molar-refractivity contribution in [3.8, 4) is 11.4 Å². The number of aryl methyl sites for hydroxylation is 2. The predicted octanol–water partition coefficient (Wildman–Crippen LogP) is 4.46. The fourth-order valence-corrected chi connectivity index (χ4v) is 4.05. The summed E-state index contributed by atoms with van der Waals surface area (Å²) in [5.74, 6) is 0.0622. The first-order valence-corrected chi connectivity index (χ1v) is 9.50. The number of halogens is 1. The summed E-state index contributed by atoms with van der Waals surface area (Å²) >= 11 is 1.28. The van der Waals surface area contributed by atoms with Gasteiger partial charge in [0.15, 0.2) is 11.6 Å². The zero-order valence-electron chi connectivity index (χ0n) is 14.3. The Morgan fingerprint density at radius 3 is 2.85 bits per heavy atom. The Morgan fingerprint density at radius 2 is 2.00 bits per heavy atom. The normalized spacial score (nSPS) is 14.2. The minimum Gasteiger partial charge on any atom is -0.293 e. The first-order valence-electron chi connectivity index (χ1n) is 8.62. The van der Waals surface area contributed by atoms with E-state index < -0.39 is 0 Å². The van der Waals surface area contributed by atoms with Crippen LogP contribution < -0.4 is 0 Å². The number of rotatable bonds is 5. The lowest BCUT2D eigenvalue weighted by molar-refractivity contribution is 0.0994. The van der Waals surface area contributed by atoms with Gasteiger partial charge in [-0.1, -0.05) is 36.0 Å². The van der Waals surface area contributed by atoms with Crippen molar-refractivity contribution in [1.82, 2.24) is 15.2 Å². The molecule has 1 atom stereocenters. The molecule has 0 saturated carbocycles. The Hall–Kier alpha value is -2.47. The van der Waals surface area contributed by atoms with Crippen molar-refractivity contribution in [2.75, 3.05) is 0 Å². The van der Waals surface area contributed by atoms with Gasteiger partial charge in [-0.3, -0.25) is 9.89 Å². The summed E-state index contributed by atoms with van der Waals surface area (Å²) in [6.07, 6.45) is 3.31. The summed E-state index contributed by atoms with van der Waals surface area (Å²) < 4.78 is 13.9. The minimum absolute atomic E-state index is 0.0574. The van der Waals surface area contributed by atoms with Gasteiger partial charge in [0.2, 0.25) is 5.16 Å². The number of fused-ring (bicyclic) bond motifs is 1. The van der Waals surface area contributed by atoms with Crippen LogP contribution in [0.4, 0.5) is 4.39 Å². The average molecular weight is 367 g/mol. The monoisotopic (exact) mass is 367 g/mol. The highest BCUT2D eigenvalue weighted by Gasteiger charge is 2.21. The van der Waals surface area contributed by atoms with Gasteiger partial charge in [-0.2, -0.15) is 0 Å². The van der Waals surface area contributed by atoms with Gasteiger partial charge in [0.05, 0.1) is 10.8 Å². The van der Waals surface area contributed by atoms with Crippen molar-refractivity contribution >= 4 is 17.5 Å². The third-order valence-corrected chi connectivity index (χ3v) is 5.59. The van der Waals surface area contributed by atoms with E-state index in [9.17, 15) is 9.18 Å². The smallest absolute Gasteiger partial charge is 0.209 e. The second-order valence-electron chi connectivity index (χ2n) is 6.41. The summed E-state index contributed by atoms with van der Waals surface area (Å²) in [4.78, 5) is 17.1. The fraction of sp³-hybridized carbons (Fsp3) is 0.250. The summed E-state index contributed by atoms with van der Waals surface area (Å²) in [5.41, 5.74) is 3.73. The Kier molecular flexibility index (Phi) is 4.59. The van der Waals surface area contributed by atoms with E-state index in [1.807, 2.05) is 19.1 Å².